The monoisotopic (exact) mass is 220 g/mol. The first-order chi connectivity index (χ1) is 7.62. The molecule has 0 radical (unpaired) electrons. The van der Waals surface area contributed by atoms with E-state index in [1.54, 1.807) is 18.5 Å². The summed E-state index contributed by atoms with van der Waals surface area (Å²) in [6.45, 7) is 3.39. The van der Waals surface area contributed by atoms with E-state index in [0.717, 1.165) is 19.4 Å². The summed E-state index contributed by atoms with van der Waals surface area (Å²) in [7, 11) is 0. The van der Waals surface area contributed by atoms with E-state index in [4.69, 9.17) is 5.73 Å². The van der Waals surface area contributed by atoms with Gasteiger partial charge in [-0.25, -0.2) is 9.97 Å². The van der Waals surface area contributed by atoms with Crippen LogP contribution >= 0.6 is 0 Å². The molecule has 1 saturated heterocycles. The zero-order chi connectivity index (χ0) is 11.6. The molecule has 0 aromatic carbocycles. The Balaban J connectivity index is 2.17. The number of nitrogens with zero attached hydrogens (tertiary/aromatic N) is 3. The normalized spacial score (nSPS) is 25.4. The third-order valence-corrected chi connectivity index (χ3v) is 3.13. The number of anilines is 1. The maximum Gasteiger partial charge on any atom is 0.225 e. The highest BCUT2D eigenvalue weighted by Gasteiger charge is 2.36. The summed E-state index contributed by atoms with van der Waals surface area (Å²) >= 11 is 0. The van der Waals surface area contributed by atoms with Crippen LogP contribution in [-0.4, -0.2) is 29.0 Å². The predicted octanol–water partition coefficient (Wildman–Crippen LogP) is 0.568. The predicted molar refractivity (Wildman–Crippen MR) is 60.8 cm³/mol. The number of piperidine rings is 1. The van der Waals surface area contributed by atoms with E-state index < -0.39 is 5.41 Å². The first-order valence-electron chi connectivity index (χ1n) is 5.44. The number of hydrogen-bond donors (Lipinski definition) is 1. The summed E-state index contributed by atoms with van der Waals surface area (Å²) in [6, 6.07) is 1.78. The van der Waals surface area contributed by atoms with Crippen molar-refractivity contribution < 1.29 is 4.79 Å². The maximum absolute atomic E-state index is 11.4. The van der Waals surface area contributed by atoms with Crippen molar-refractivity contribution in [1.82, 2.24) is 9.97 Å². The molecule has 1 aromatic heterocycles. The molecular weight excluding hydrogens is 204 g/mol. The summed E-state index contributed by atoms with van der Waals surface area (Å²) in [6.07, 6.45) is 5.19. The topological polar surface area (TPSA) is 72.1 Å². The molecule has 5 nitrogen and oxygen atoms in total. The molecule has 2 heterocycles. The van der Waals surface area contributed by atoms with Gasteiger partial charge in [-0.05, 0) is 25.8 Å². The minimum Gasteiger partial charge on any atom is -0.369 e. The highest BCUT2D eigenvalue weighted by Crippen LogP contribution is 2.30. The second-order valence-corrected chi connectivity index (χ2v) is 4.50. The first kappa shape index (κ1) is 10.9. The molecule has 1 amide bonds. The Bertz CT molecular complexity index is 381. The highest BCUT2D eigenvalue weighted by molar-refractivity contribution is 5.81. The van der Waals surface area contributed by atoms with Gasteiger partial charge in [-0.1, -0.05) is 0 Å². The molecule has 0 spiro atoms. The van der Waals surface area contributed by atoms with Gasteiger partial charge in [0, 0.05) is 25.5 Å². The molecule has 86 valence electrons. The van der Waals surface area contributed by atoms with Crippen molar-refractivity contribution in [2.75, 3.05) is 18.0 Å². The molecule has 1 aliphatic rings. The van der Waals surface area contributed by atoms with Crippen LogP contribution in [0.3, 0.4) is 0 Å². The van der Waals surface area contributed by atoms with Gasteiger partial charge in [0.05, 0.1) is 5.41 Å². The van der Waals surface area contributed by atoms with Crippen LogP contribution in [0, 0.1) is 5.41 Å². The molecule has 0 aliphatic carbocycles. The Hall–Kier alpha value is -1.65. The molecule has 5 heteroatoms. The van der Waals surface area contributed by atoms with Gasteiger partial charge < -0.3 is 10.6 Å². The maximum atomic E-state index is 11.4. The van der Waals surface area contributed by atoms with Gasteiger partial charge >= 0.3 is 0 Å². The molecule has 0 saturated carbocycles. The van der Waals surface area contributed by atoms with Crippen LogP contribution in [0.1, 0.15) is 19.8 Å². The van der Waals surface area contributed by atoms with Gasteiger partial charge in [0.15, 0.2) is 0 Å². The molecule has 1 fully saturated rings. The van der Waals surface area contributed by atoms with Crippen molar-refractivity contribution in [3.63, 3.8) is 0 Å². The third-order valence-electron chi connectivity index (χ3n) is 3.13. The van der Waals surface area contributed by atoms with Gasteiger partial charge in [0.25, 0.3) is 0 Å². The van der Waals surface area contributed by atoms with E-state index in [1.165, 1.54) is 0 Å². The molecule has 1 unspecified atom stereocenters. The number of carbonyl (C=O) groups excluding carboxylic acids is 1. The first-order valence-corrected chi connectivity index (χ1v) is 5.44. The smallest absolute Gasteiger partial charge is 0.225 e. The Labute approximate surface area is 94.7 Å². The quantitative estimate of drug-likeness (QED) is 0.790. The van der Waals surface area contributed by atoms with Crippen molar-refractivity contribution in [3.8, 4) is 0 Å². The van der Waals surface area contributed by atoms with Gasteiger partial charge in [0.1, 0.15) is 0 Å². The van der Waals surface area contributed by atoms with Crippen molar-refractivity contribution in [2.45, 2.75) is 19.8 Å². The summed E-state index contributed by atoms with van der Waals surface area (Å²) in [5.74, 6) is 0.433. The van der Waals surface area contributed by atoms with Crippen LogP contribution in [0.5, 0.6) is 0 Å². The van der Waals surface area contributed by atoms with Crippen LogP contribution in [0.2, 0.25) is 0 Å². The number of hydrogen-bond acceptors (Lipinski definition) is 4. The molecule has 1 atom stereocenters. The van der Waals surface area contributed by atoms with E-state index in [1.807, 2.05) is 11.8 Å². The second-order valence-electron chi connectivity index (χ2n) is 4.50. The lowest BCUT2D eigenvalue weighted by molar-refractivity contribution is -0.127. The van der Waals surface area contributed by atoms with Crippen LogP contribution in [0.15, 0.2) is 18.5 Å². The lowest BCUT2D eigenvalue weighted by atomic mass is 9.81. The number of rotatable bonds is 2. The number of amides is 1. The van der Waals surface area contributed by atoms with Crippen molar-refractivity contribution in [3.05, 3.63) is 18.5 Å². The Kier molecular flexibility index (Phi) is 2.77. The van der Waals surface area contributed by atoms with E-state index in [2.05, 4.69) is 9.97 Å². The van der Waals surface area contributed by atoms with Crippen LogP contribution < -0.4 is 10.6 Å². The van der Waals surface area contributed by atoms with Crippen molar-refractivity contribution in [2.24, 2.45) is 11.1 Å². The van der Waals surface area contributed by atoms with Crippen molar-refractivity contribution in [1.29, 1.82) is 0 Å². The standard InChI is InChI=1S/C11H16N4O/c1-11(9(12)16)4-2-7-15(8-11)10-13-5-3-6-14-10/h3,5-6H,2,4,7-8H2,1H3,(H2,12,16). The van der Waals surface area contributed by atoms with Crippen LogP contribution in [0.4, 0.5) is 5.95 Å². The minimum absolute atomic E-state index is 0.242. The number of carbonyl (C=O) groups is 1. The zero-order valence-electron chi connectivity index (χ0n) is 9.39. The van der Waals surface area contributed by atoms with E-state index in [0.29, 0.717) is 12.5 Å². The molecule has 1 aliphatic heterocycles. The SMILES string of the molecule is CC1(C(N)=O)CCCN(c2ncccn2)C1. The van der Waals surface area contributed by atoms with Crippen molar-refractivity contribution >= 4 is 11.9 Å². The van der Waals surface area contributed by atoms with Gasteiger partial charge in [-0.15, -0.1) is 0 Å². The van der Waals surface area contributed by atoms with Crippen LogP contribution in [0.25, 0.3) is 0 Å². The highest BCUT2D eigenvalue weighted by atomic mass is 16.1. The minimum atomic E-state index is -0.461. The fourth-order valence-corrected chi connectivity index (χ4v) is 2.07. The van der Waals surface area contributed by atoms with E-state index in [-0.39, 0.29) is 5.91 Å². The van der Waals surface area contributed by atoms with Gasteiger partial charge in [-0.2, -0.15) is 0 Å². The molecule has 16 heavy (non-hydrogen) atoms. The molecule has 2 N–H and O–H groups in total. The fraction of sp³-hybridized carbons (Fsp3) is 0.545. The van der Waals surface area contributed by atoms with Crippen LogP contribution in [-0.2, 0) is 4.79 Å². The molecule has 0 bridgehead atoms. The third kappa shape index (κ3) is 1.98. The van der Waals surface area contributed by atoms with E-state index >= 15 is 0 Å². The summed E-state index contributed by atoms with van der Waals surface area (Å²) in [5, 5.41) is 0. The largest absolute Gasteiger partial charge is 0.369 e. The summed E-state index contributed by atoms with van der Waals surface area (Å²) < 4.78 is 0. The second kappa shape index (κ2) is 4.08. The van der Waals surface area contributed by atoms with E-state index in [9.17, 15) is 4.79 Å². The Morgan fingerprint density at radius 1 is 1.50 bits per heavy atom. The van der Waals surface area contributed by atoms with Gasteiger partial charge in [0.2, 0.25) is 11.9 Å². The summed E-state index contributed by atoms with van der Waals surface area (Å²) in [5.41, 5.74) is 4.97. The van der Waals surface area contributed by atoms with Gasteiger partial charge in [-0.3, -0.25) is 4.79 Å². The Morgan fingerprint density at radius 2 is 2.19 bits per heavy atom. The summed E-state index contributed by atoms with van der Waals surface area (Å²) in [4.78, 5) is 21.8. The average molecular weight is 220 g/mol. The lowest BCUT2D eigenvalue weighted by Gasteiger charge is -2.38. The molecular formula is C11H16N4O. The molecule has 2 rings (SSSR count). The lowest BCUT2D eigenvalue weighted by Crippen LogP contribution is -2.49. The fourth-order valence-electron chi connectivity index (χ4n) is 2.07. The number of nitrogens with two attached hydrogens (primary N) is 1. The average Bonchev–Trinajstić information content (AvgIpc) is 2.30. The number of aromatic nitrogens is 2. The molecule has 1 aromatic rings. The zero-order valence-corrected chi connectivity index (χ0v) is 9.39. The Morgan fingerprint density at radius 3 is 2.81 bits per heavy atom. The number of primary amides is 1.